The fourth-order valence-corrected chi connectivity index (χ4v) is 4.53. The van der Waals surface area contributed by atoms with E-state index in [0.717, 1.165) is 60.2 Å². The standard InChI is InChI=1S/C25H24ClN9/c26-20-10-4-5-11-21(20)35-16-19(31-32-35)15-34-17-28-22-23(27-14-18-8-2-1-3-9-18)29-25(30-24(22)34)33-12-6-7-13-33/h1-5,8-11,16-17H,6-7,12-15H2,(H,27,29,30). The number of hydrogen-bond donors (Lipinski definition) is 1. The summed E-state index contributed by atoms with van der Waals surface area (Å²) in [5, 5.41) is 12.7. The molecule has 0 aliphatic carbocycles. The smallest absolute Gasteiger partial charge is 0.229 e. The van der Waals surface area contributed by atoms with Gasteiger partial charge in [0.15, 0.2) is 17.0 Å². The predicted octanol–water partition coefficient (Wildman–Crippen LogP) is 4.32. The summed E-state index contributed by atoms with van der Waals surface area (Å²) in [4.78, 5) is 16.6. The van der Waals surface area contributed by atoms with E-state index in [0.29, 0.717) is 18.1 Å². The second-order valence-electron chi connectivity index (χ2n) is 8.56. The van der Waals surface area contributed by atoms with Crippen molar-refractivity contribution in [3.05, 3.63) is 83.4 Å². The molecule has 0 spiro atoms. The summed E-state index contributed by atoms with van der Waals surface area (Å²) in [6.45, 7) is 3.06. The number of halogens is 1. The van der Waals surface area contributed by atoms with Gasteiger partial charge in [-0.3, -0.25) is 0 Å². The van der Waals surface area contributed by atoms with Gasteiger partial charge in [0.25, 0.3) is 0 Å². The van der Waals surface area contributed by atoms with E-state index in [2.05, 4.69) is 37.6 Å². The maximum Gasteiger partial charge on any atom is 0.229 e. The molecule has 10 heteroatoms. The molecule has 2 aromatic carbocycles. The molecule has 9 nitrogen and oxygen atoms in total. The van der Waals surface area contributed by atoms with Gasteiger partial charge in [-0.25, -0.2) is 9.67 Å². The van der Waals surface area contributed by atoms with Crippen LogP contribution in [0.15, 0.2) is 67.1 Å². The molecular formula is C25H24ClN9. The summed E-state index contributed by atoms with van der Waals surface area (Å²) >= 11 is 6.33. The molecule has 176 valence electrons. The van der Waals surface area contributed by atoms with Gasteiger partial charge in [0.1, 0.15) is 5.69 Å². The Bertz CT molecular complexity index is 1450. The summed E-state index contributed by atoms with van der Waals surface area (Å²) < 4.78 is 3.68. The number of rotatable bonds is 7. The minimum atomic E-state index is 0.482. The summed E-state index contributed by atoms with van der Waals surface area (Å²) in [5.74, 6) is 1.46. The Balaban J connectivity index is 1.33. The van der Waals surface area contributed by atoms with E-state index < -0.39 is 0 Å². The highest BCUT2D eigenvalue weighted by Crippen LogP contribution is 2.26. The number of nitrogens with one attached hydrogen (secondary N) is 1. The van der Waals surface area contributed by atoms with Crippen molar-refractivity contribution in [2.45, 2.75) is 25.9 Å². The van der Waals surface area contributed by atoms with Crippen LogP contribution in [0.25, 0.3) is 16.9 Å². The van der Waals surface area contributed by atoms with Gasteiger partial charge in [-0.2, -0.15) is 9.97 Å². The Morgan fingerprint density at radius 2 is 1.74 bits per heavy atom. The zero-order chi connectivity index (χ0) is 23.6. The molecule has 1 aliphatic rings. The zero-order valence-corrected chi connectivity index (χ0v) is 19.8. The molecule has 0 amide bonds. The first-order valence-corrected chi connectivity index (χ1v) is 12.0. The second-order valence-corrected chi connectivity index (χ2v) is 8.96. The van der Waals surface area contributed by atoms with Gasteiger partial charge in [0, 0.05) is 19.6 Å². The molecule has 0 saturated carbocycles. The molecule has 6 rings (SSSR count). The monoisotopic (exact) mass is 485 g/mol. The fourth-order valence-electron chi connectivity index (χ4n) is 4.31. The summed E-state index contributed by atoms with van der Waals surface area (Å²) in [7, 11) is 0. The number of nitrogens with zero attached hydrogens (tertiary/aromatic N) is 8. The average molecular weight is 486 g/mol. The van der Waals surface area contributed by atoms with Crippen molar-refractivity contribution < 1.29 is 0 Å². The number of imidazole rings is 1. The first-order chi connectivity index (χ1) is 17.2. The average Bonchev–Trinajstić information content (AvgIpc) is 3.66. The molecule has 1 fully saturated rings. The van der Waals surface area contributed by atoms with Crippen molar-refractivity contribution in [3.8, 4) is 5.69 Å². The van der Waals surface area contributed by atoms with Crippen LogP contribution in [0.5, 0.6) is 0 Å². The van der Waals surface area contributed by atoms with Crippen LogP contribution in [0, 0.1) is 0 Å². The third-order valence-corrected chi connectivity index (χ3v) is 6.44. The van der Waals surface area contributed by atoms with Crippen molar-refractivity contribution in [3.63, 3.8) is 0 Å². The molecule has 35 heavy (non-hydrogen) atoms. The van der Waals surface area contributed by atoms with Crippen LogP contribution < -0.4 is 10.2 Å². The Labute approximate surface area is 207 Å². The maximum atomic E-state index is 6.33. The number of aromatic nitrogens is 7. The lowest BCUT2D eigenvalue weighted by molar-refractivity contribution is 0.764. The molecule has 4 heterocycles. The fraction of sp³-hybridized carbons (Fsp3) is 0.240. The van der Waals surface area contributed by atoms with Gasteiger partial charge in [0.2, 0.25) is 5.95 Å². The molecule has 1 N–H and O–H groups in total. The normalized spacial score (nSPS) is 13.6. The number of anilines is 2. The molecule has 0 unspecified atom stereocenters. The maximum absolute atomic E-state index is 6.33. The van der Waals surface area contributed by atoms with Gasteiger partial charge in [0.05, 0.1) is 29.8 Å². The quantitative estimate of drug-likeness (QED) is 0.367. The summed E-state index contributed by atoms with van der Waals surface area (Å²) in [5.41, 5.74) is 4.25. The molecule has 3 aromatic heterocycles. The predicted molar refractivity (Wildman–Crippen MR) is 136 cm³/mol. The van der Waals surface area contributed by atoms with Gasteiger partial charge in [-0.05, 0) is 30.5 Å². The van der Waals surface area contributed by atoms with Crippen LogP contribution in [0.3, 0.4) is 0 Å². The largest absolute Gasteiger partial charge is 0.364 e. The lowest BCUT2D eigenvalue weighted by Crippen LogP contribution is -2.21. The molecule has 0 atom stereocenters. The van der Waals surface area contributed by atoms with E-state index in [1.54, 1.807) is 11.0 Å². The first kappa shape index (κ1) is 21.5. The lowest BCUT2D eigenvalue weighted by atomic mass is 10.2. The molecule has 1 saturated heterocycles. The van der Waals surface area contributed by atoms with Crippen LogP contribution in [0.2, 0.25) is 5.02 Å². The Morgan fingerprint density at radius 3 is 2.57 bits per heavy atom. The third-order valence-electron chi connectivity index (χ3n) is 6.12. The Kier molecular flexibility index (Phi) is 5.75. The number of hydrogen-bond acceptors (Lipinski definition) is 7. The van der Waals surface area contributed by atoms with Gasteiger partial charge >= 0.3 is 0 Å². The molecule has 1 aliphatic heterocycles. The first-order valence-electron chi connectivity index (χ1n) is 11.7. The Hall–Kier alpha value is -3.98. The number of fused-ring (bicyclic) bond motifs is 1. The summed E-state index contributed by atoms with van der Waals surface area (Å²) in [6.07, 6.45) is 5.97. The van der Waals surface area contributed by atoms with Gasteiger partial charge < -0.3 is 14.8 Å². The minimum absolute atomic E-state index is 0.482. The van der Waals surface area contributed by atoms with E-state index in [4.69, 9.17) is 21.6 Å². The van der Waals surface area contributed by atoms with Gasteiger partial charge in [-0.15, -0.1) is 5.10 Å². The van der Waals surface area contributed by atoms with E-state index in [9.17, 15) is 0 Å². The van der Waals surface area contributed by atoms with Crippen LogP contribution >= 0.6 is 11.6 Å². The van der Waals surface area contributed by atoms with E-state index in [1.165, 1.54) is 5.56 Å². The lowest BCUT2D eigenvalue weighted by Gasteiger charge is -2.17. The third kappa shape index (κ3) is 4.42. The van der Waals surface area contributed by atoms with E-state index in [-0.39, 0.29) is 0 Å². The molecule has 0 bridgehead atoms. The van der Waals surface area contributed by atoms with Crippen LogP contribution in [0.4, 0.5) is 11.8 Å². The highest BCUT2D eigenvalue weighted by Gasteiger charge is 2.20. The highest BCUT2D eigenvalue weighted by molar-refractivity contribution is 6.32. The Morgan fingerprint density at radius 1 is 0.943 bits per heavy atom. The van der Waals surface area contributed by atoms with E-state index >= 15 is 0 Å². The van der Waals surface area contributed by atoms with Crippen molar-refractivity contribution in [1.82, 2.24) is 34.5 Å². The minimum Gasteiger partial charge on any atom is -0.364 e. The number of para-hydroxylation sites is 1. The van der Waals surface area contributed by atoms with Crippen molar-refractivity contribution in [1.29, 1.82) is 0 Å². The summed E-state index contributed by atoms with van der Waals surface area (Å²) in [6, 6.07) is 17.8. The second kappa shape index (κ2) is 9.34. The van der Waals surface area contributed by atoms with Crippen LogP contribution in [-0.4, -0.2) is 47.6 Å². The van der Waals surface area contributed by atoms with Crippen molar-refractivity contribution in [2.24, 2.45) is 0 Å². The number of benzene rings is 2. The van der Waals surface area contributed by atoms with E-state index in [1.807, 2.05) is 53.2 Å². The highest BCUT2D eigenvalue weighted by atomic mass is 35.5. The SMILES string of the molecule is Clc1ccccc1-n1cc(Cn2cnc3c(NCc4ccccc4)nc(N4CCCC4)nc32)nn1. The van der Waals surface area contributed by atoms with Crippen LogP contribution in [0.1, 0.15) is 24.1 Å². The van der Waals surface area contributed by atoms with Crippen molar-refractivity contribution in [2.75, 3.05) is 23.3 Å². The van der Waals surface area contributed by atoms with Gasteiger partial charge in [-0.1, -0.05) is 59.3 Å². The molecule has 5 aromatic rings. The topological polar surface area (TPSA) is 89.6 Å². The zero-order valence-electron chi connectivity index (χ0n) is 19.0. The molecule has 0 radical (unpaired) electrons. The molecular weight excluding hydrogens is 462 g/mol. The van der Waals surface area contributed by atoms with Crippen molar-refractivity contribution >= 4 is 34.5 Å². The van der Waals surface area contributed by atoms with Crippen LogP contribution in [-0.2, 0) is 13.1 Å².